The molecule has 0 aromatic rings. The van der Waals surface area contributed by atoms with Gasteiger partial charge in [-0.25, -0.2) is 0 Å². The van der Waals surface area contributed by atoms with Crippen LogP contribution in [0, 0.1) is 0 Å². The fourth-order valence-corrected chi connectivity index (χ4v) is 3.56. The number of aliphatic hydroxyl groups is 1. The molecule has 2 N–H and O–H groups in total. The molecule has 0 radical (unpaired) electrons. The van der Waals surface area contributed by atoms with E-state index in [1.165, 1.54) is 12.8 Å². The molecular formula is C15H29NO2. The van der Waals surface area contributed by atoms with Crippen molar-refractivity contribution < 1.29 is 9.84 Å². The summed E-state index contributed by atoms with van der Waals surface area (Å²) in [5, 5.41) is 13.9. The Morgan fingerprint density at radius 2 is 1.72 bits per heavy atom. The fraction of sp³-hybridized carbons (Fsp3) is 1.00. The van der Waals surface area contributed by atoms with Gasteiger partial charge in [-0.05, 0) is 47.0 Å². The third kappa shape index (κ3) is 3.25. The summed E-state index contributed by atoms with van der Waals surface area (Å²) < 4.78 is 6.11. The van der Waals surface area contributed by atoms with Crippen LogP contribution < -0.4 is 5.32 Å². The molecule has 3 atom stereocenters. The summed E-state index contributed by atoms with van der Waals surface area (Å²) in [6.45, 7) is 8.62. The Labute approximate surface area is 111 Å². The zero-order valence-corrected chi connectivity index (χ0v) is 12.3. The number of hydrogen-bond donors (Lipinski definition) is 2. The molecule has 0 aromatic carbocycles. The van der Waals surface area contributed by atoms with Crippen molar-refractivity contribution in [3.05, 3.63) is 0 Å². The van der Waals surface area contributed by atoms with Gasteiger partial charge in [0, 0.05) is 12.1 Å². The quantitative estimate of drug-likeness (QED) is 0.745. The van der Waals surface area contributed by atoms with Crippen molar-refractivity contribution in [2.24, 2.45) is 0 Å². The lowest BCUT2D eigenvalue weighted by atomic mass is 9.92. The molecular weight excluding hydrogens is 226 g/mol. The Hall–Kier alpha value is -0.120. The molecule has 1 saturated heterocycles. The normalized spacial score (nSPS) is 39.5. The molecule has 1 saturated carbocycles. The van der Waals surface area contributed by atoms with Crippen molar-refractivity contribution in [1.82, 2.24) is 5.32 Å². The predicted molar refractivity (Wildman–Crippen MR) is 73.7 cm³/mol. The zero-order chi connectivity index (χ0) is 13.4. The molecule has 1 aliphatic carbocycles. The summed E-state index contributed by atoms with van der Waals surface area (Å²) in [6.07, 6.45) is 6.51. The molecule has 3 heteroatoms. The fourth-order valence-electron chi connectivity index (χ4n) is 3.56. The molecule has 106 valence electrons. The summed E-state index contributed by atoms with van der Waals surface area (Å²) in [5.74, 6) is 0. The van der Waals surface area contributed by atoms with Gasteiger partial charge in [-0.15, -0.1) is 0 Å². The van der Waals surface area contributed by atoms with E-state index in [1.54, 1.807) is 0 Å². The Kier molecular flexibility index (Phi) is 4.05. The maximum absolute atomic E-state index is 10.2. The van der Waals surface area contributed by atoms with E-state index in [-0.39, 0.29) is 23.3 Å². The van der Waals surface area contributed by atoms with E-state index in [2.05, 4.69) is 33.0 Å². The van der Waals surface area contributed by atoms with E-state index < -0.39 is 0 Å². The molecule has 0 spiro atoms. The van der Waals surface area contributed by atoms with Crippen molar-refractivity contribution in [3.63, 3.8) is 0 Å². The van der Waals surface area contributed by atoms with Crippen molar-refractivity contribution in [3.8, 4) is 0 Å². The SMILES string of the molecule is CC1(C)CC(NC2CCCCCC2O)C(C)(C)O1. The first-order chi connectivity index (χ1) is 8.30. The van der Waals surface area contributed by atoms with Gasteiger partial charge in [0.2, 0.25) is 0 Å². The molecule has 0 bridgehead atoms. The molecule has 0 aromatic heterocycles. The van der Waals surface area contributed by atoms with Gasteiger partial charge in [0.25, 0.3) is 0 Å². The van der Waals surface area contributed by atoms with Gasteiger partial charge in [-0.3, -0.25) is 0 Å². The molecule has 0 amide bonds. The van der Waals surface area contributed by atoms with Gasteiger partial charge in [0.05, 0.1) is 17.3 Å². The number of ether oxygens (including phenoxy) is 1. The van der Waals surface area contributed by atoms with Gasteiger partial charge < -0.3 is 15.2 Å². The molecule has 1 heterocycles. The van der Waals surface area contributed by atoms with Crippen molar-refractivity contribution in [1.29, 1.82) is 0 Å². The summed E-state index contributed by atoms with van der Waals surface area (Å²) >= 11 is 0. The Morgan fingerprint density at radius 3 is 2.33 bits per heavy atom. The highest BCUT2D eigenvalue weighted by atomic mass is 16.5. The predicted octanol–water partition coefficient (Wildman–Crippen LogP) is 2.62. The minimum atomic E-state index is -0.188. The van der Waals surface area contributed by atoms with Crippen LogP contribution >= 0.6 is 0 Å². The van der Waals surface area contributed by atoms with Crippen LogP contribution in [-0.2, 0) is 4.74 Å². The molecule has 2 aliphatic rings. The van der Waals surface area contributed by atoms with E-state index in [0.29, 0.717) is 6.04 Å². The zero-order valence-electron chi connectivity index (χ0n) is 12.3. The maximum atomic E-state index is 10.2. The van der Waals surface area contributed by atoms with Gasteiger partial charge in [0.1, 0.15) is 0 Å². The van der Waals surface area contributed by atoms with Gasteiger partial charge >= 0.3 is 0 Å². The van der Waals surface area contributed by atoms with Crippen LogP contribution in [-0.4, -0.2) is 34.5 Å². The number of aliphatic hydroxyl groups excluding tert-OH is 1. The van der Waals surface area contributed by atoms with Crippen molar-refractivity contribution >= 4 is 0 Å². The molecule has 3 unspecified atom stereocenters. The lowest BCUT2D eigenvalue weighted by Crippen LogP contribution is -2.51. The van der Waals surface area contributed by atoms with E-state index in [1.807, 2.05) is 0 Å². The van der Waals surface area contributed by atoms with E-state index in [9.17, 15) is 5.11 Å². The number of nitrogens with one attached hydrogen (secondary N) is 1. The van der Waals surface area contributed by atoms with Gasteiger partial charge in [0.15, 0.2) is 0 Å². The lowest BCUT2D eigenvalue weighted by Gasteiger charge is -2.32. The monoisotopic (exact) mass is 255 g/mol. The van der Waals surface area contributed by atoms with Crippen LogP contribution in [0.2, 0.25) is 0 Å². The highest BCUT2D eigenvalue weighted by Gasteiger charge is 2.46. The average Bonchev–Trinajstić information content (AvgIpc) is 2.37. The summed E-state index contributed by atoms with van der Waals surface area (Å²) in [6, 6.07) is 0.583. The number of rotatable bonds is 2. The first-order valence-electron chi connectivity index (χ1n) is 7.44. The van der Waals surface area contributed by atoms with Crippen molar-refractivity contribution in [2.75, 3.05) is 0 Å². The summed E-state index contributed by atoms with van der Waals surface area (Å²) in [4.78, 5) is 0. The standard InChI is InChI=1S/C15H29NO2/c1-14(2)10-13(15(3,4)18-14)16-11-8-6-5-7-9-12(11)17/h11-13,16-17H,5-10H2,1-4H3. The third-order valence-corrected chi connectivity index (χ3v) is 4.47. The average molecular weight is 255 g/mol. The molecule has 2 rings (SSSR count). The van der Waals surface area contributed by atoms with E-state index >= 15 is 0 Å². The molecule has 2 fully saturated rings. The highest BCUT2D eigenvalue weighted by Crippen LogP contribution is 2.38. The topological polar surface area (TPSA) is 41.5 Å². The molecule has 1 aliphatic heterocycles. The second-order valence-electron chi connectivity index (χ2n) is 7.20. The van der Waals surface area contributed by atoms with Crippen LogP contribution in [0.4, 0.5) is 0 Å². The van der Waals surface area contributed by atoms with Gasteiger partial charge in [-0.1, -0.05) is 19.3 Å². The molecule has 3 nitrogen and oxygen atoms in total. The van der Waals surface area contributed by atoms with Crippen molar-refractivity contribution in [2.45, 2.75) is 95.6 Å². The first-order valence-corrected chi connectivity index (χ1v) is 7.44. The second-order valence-corrected chi connectivity index (χ2v) is 7.20. The van der Waals surface area contributed by atoms with E-state index in [4.69, 9.17) is 4.74 Å². The minimum Gasteiger partial charge on any atom is -0.392 e. The van der Waals surface area contributed by atoms with Crippen LogP contribution in [0.25, 0.3) is 0 Å². The Balaban J connectivity index is 1.99. The van der Waals surface area contributed by atoms with E-state index in [0.717, 1.165) is 25.7 Å². The summed E-state index contributed by atoms with van der Waals surface area (Å²) in [7, 11) is 0. The lowest BCUT2D eigenvalue weighted by molar-refractivity contribution is -0.0714. The Morgan fingerprint density at radius 1 is 1.06 bits per heavy atom. The maximum Gasteiger partial charge on any atom is 0.0787 e. The second kappa shape index (κ2) is 5.10. The Bertz CT molecular complexity index is 288. The molecule has 18 heavy (non-hydrogen) atoms. The largest absolute Gasteiger partial charge is 0.392 e. The first kappa shape index (κ1) is 14.3. The van der Waals surface area contributed by atoms with Crippen LogP contribution in [0.3, 0.4) is 0 Å². The summed E-state index contributed by atoms with van der Waals surface area (Å²) in [5.41, 5.74) is -0.202. The third-order valence-electron chi connectivity index (χ3n) is 4.47. The highest BCUT2D eigenvalue weighted by molar-refractivity contribution is 5.00. The van der Waals surface area contributed by atoms with Crippen LogP contribution in [0.5, 0.6) is 0 Å². The van der Waals surface area contributed by atoms with Gasteiger partial charge in [-0.2, -0.15) is 0 Å². The minimum absolute atomic E-state index is 0.0587. The van der Waals surface area contributed by atoms with Crippen LogP contribution in [0.15, 0.2) is 0 Å². The smallest absolute Gasteiger partial charge is 0.0787 e. The number of hydrogen-bond acceptors (Lipinski definition) is 3. The van der Waals surface area contributed by atoms with Crippen LogP contribution in [0.1, 0.15) is 66.2 Å².